The third-order valence-corrected chi connectivity index (χ3v) is 4.41. The van der Waals surface area contributed by atoms with Crippen LogP contribution in [0.2, 0.25) is 0 Å². The molecule has 0 aromatic heterocycles. The van der Waals surface area contributed by atoms with Gasteiger partial charge < -0.3 is 20.7 Å². The number of carbonyl (C=O) groups is 3. The van der Waals surface area contributed by atoms with Crippen LogP contribution in [0.25, 0.3) is 11.1 Å². The van der Waals surface area contributed by atoms with Crippen molar-refractivity contribution in [1.82, 2.24) is 16.0 Å². The maximum atomic E-state index is 12.4. The van der Waals surface area contributed by atoms with Crippen molar-refractivity contribution in [2.24, 2.45) is 0 Å². The van der Waals surface area contributed by atoms with E-state index in [2.05, 4.69) is 29.8 Å². The number of amides is 2. The lowest BCUT2D eigenvalue weighted by Crippen LogP contribution is -2.43. The summed E-state index contributed by atoms with van der Waals surface area (Å²) in [4.78, 5) is 34.5. The Hall–Kier alpha value is -2.99. The topological polar surface area (TPSA) is 87.3 Å². The monoisotopic (exact) mass is 441 g/mol. The van der Waals surface area contributed by atoms with Crippen LogP contribution in [-0.2, 0) is 9.59 Å². The number of aldehydes is 1. The van der Waals surface area contributed by atoms with Crippen molar-refractivity contribution in [3.63, 3.8) is 0 Å². The highest BCUT2D eigenvalue weighted by Crippen LogP contribution is 2.19. The SMILES string of the molecule is CC.CCC(=O)NCC(CC=O)NC(=O)c1ccc(-c2ccccc2)cc1.CNC(C)C. The van der Waals surface area contributed by atoms with Crippen LogP contribution in [0.15, 0.2) is 54.6 Å². The average Bonchev–Trinajstić information content (AvgIpc) is 2.84. The fourth-order valence-corrected chi connectivity index (χ4v) is 2.38. The summed E-state index contributed by atoms with van der Waals surface area (Å²) >= 11 is 0. The smallest absolute Gasteiger partial charge is 0.251 e. The lowest BCUT2D eigenvalue weighted by Gasteiger charge is -2.17. The second-order valence-corrected chi connectivity index (χ2v) is 7.12. The van der Waals surface area contributed by atoms with E-state index in [4.69, 9.17) is 0 Å². The normalized spacial score (nSPS) is 10.6. The first kappa shape index (κ1) is 29.0. The Morgan fingerprint density at radius 3 is 1.94 bits per heavy atom. The second-order valence-electron chi connectivity index (χ2n) is 7.12. The summed E-state index contributed by atoms with van der Waals surface area (Å²) in [5.74, 6) is -0.380. The van der Waals surface area contributed by atoms with Gasteiger partial charge in [0.15, 0.2) is 0 Å². The average molecular weight is 442 g/mol. The third kappa shape index (κ3) is 12.0. The molecule has 2 aromatic rings. The minimum atomic E-state index is -0.422. The lowest BCUT2D eigenvalue weighted by atomic mass is 10.0. The molecule has 2 rings (SSSR count). The van der Waals surface area contributed by atoms with Crippen molar-refractivity contribution in [1.29, 1.82) is 0 Å². The Bertz CT molecular complexity index is 775. The Kier molecular flexibility index (Phi) is 16.0. The Morgan fingerprint density at radius 1 is 0.938 bits per heavy atom. The first-order chi connectivity index (χ1) is 15.4. The summed E-state index contributed by atoms with van der Waals surface area (Å²) in [6.45, 7) is 10.2. The summed E-state index contributed by atoms with van der Waals surface area (Å²) in [5, 5.41) is 8.51. The second kappa shape index (κ2) is 17.7. The van der Waals surface area contributed by atoms with Crippen LogP contribution in [0.4, 0.5) is 0 Å². The fourth-order valence-electron chi connectivity index (χ4n) is 2.38. The maximum absolute atomic E-state index is 12.4. The molecule has 3 N–H and O–H groups in total. The molecule has 6 nitrogen and oxygen atoms in total. The van der Waals surface area contributed by atoms with Crippen LogP contribution in [0.1, 0.15) is 57.8 Å². The summed E-state index contributed by atoms with van der Waals surface area (Å²) in [6, 6.07) is 17.4. The van der Waals surface area contributed by atoms with E-state index in [0.717, 1.165) is 17.4 Å². The van der Waals surface area contributed by atoms with E-state index in [0.29, 0.717) is 18.0 Å². The molecule has 0 aliphatic carbocycles. The van der Waals surface area contributed by atoms with Gasteiger partial charge in [0, 0.05) is 31.0 Å². The molecule has 176 valence electrons. The van der Waals surface area contributed by atoms with Crippen molar-refractivity contribution < 1.29 is 14.4 Å². The van der Waals surface area contributed by atoms with Crippen LogP contribution < -0.4 is 16.0 Å². The first-order valence-corrected chi connectivity index (χ1v) is 11.2. The highest BCUT2D eigenvalue weighted by Gasteiger charge is 2.14. The molecule has 0 saturated heterocycles. The molecular formula is C26H39N3O3. The van der Waals surface area contributed by atoms with Crippen LogP contribution in [0, 0.1) is 0 Å². The van der Waals surface area contributed by atoms with Gasteiger partial charge in [0.1, 0.15) is 6.29 Å². The third-order valence-electron chi connectivity index (χ3n) is 4.41. The van der Waals surface area contributed by atoms with E-state index in [1.54, 1.807) is 19.1 Å². The number of hydrogen-bond acceptors (Lipinski definition) is 4. The maximum Gasteiger partial charge on any atom is 0.251 e. The predicted octanol–water partition coefficient (Wildman–Crippen LogP) is 4.21. The summed E-state index contributed by atoms with van der Waals surface area (Å²) in [5.41, 5.74) is 2.62. The van der Waals surface area contributed by atoms with Crippen LogP contribution in [0.5, 0.6) is 0 Å². The highest BCUT2D eigenvalue weighted by molar-refractivity contribution is 5.95. The van der Waals surface area contributed by atoms with Gasteiger partial charge in [-0.05, 0) is 30.3 Å². The van der Waals surface area contributed by atoms with E-state index in [1.165, 1.54) is 0 Å². The van der Waals surface area contributed by atoms with Crippen molar-refractivity contribution >= 4 is 18.1 Å². The number of rotatable bonds is 9. The standard InChI is InChI=1S/C20H22N2O3.C4H11N.C2H6/c1-2-19(24)21-14-18(12-13-23)22-20(25)17-10-8-16(9-11-17)15-6-4-3-5-7-15;1-4(2)5-3;1-2/h3-11,13,18H,2,12,14H2,1H3,(H,21,24)(H,22,25);4-5H,1-3H3;1-2H3. The largest absolute Gasteiger partial charge is 0.354 e. The van der Waals surface area contributed by atoms with Gasteiger partial charge in [0.25, 0.3) is 5.91 Å². The van der Waals surface area contributed by atoms with Gasteiger partial charge in [-0.25, -0.2) is 0 Å². The molecule has 0 radical (unpaired) electrons. The molecule has 1 atom stereocenters. The molecule has 0 aliphatic rings. The molecule has 2 aromatic carbocycles. The molecule has 2 amide bonds. The molecule has 0 fully saturated rings. The Morgan fingerprint density at radius 2 is 1.47 bits per heavy atom. The van der Waals surface area contributed by atoms with E-state index < -0.39 is 6.04 Å². The van der Waals surface area contributed by atoms with Gasteiger partial charge in [-0.1, -0.05) is 77.1 Å². The number of nitrogens with one attached hydrogen (secondary N) is 3. The van der Waals surface area contributed by atoms with E-state index in [1.807, 2.05) is 63.4 Å². The lowest BCUT2D eigenvalue weighted by molar-refractivity contribution is -0.121. The van der Waals surface area contributed by atoms with E-state index in [-0.39, 0.29) is 24.8 Å². The molecule has 1 unspecified atom stereocenters. The zero-order valence-electron chi connectivity index (χ0n) is 20.3. The Balaban J connectivity index is 0.00000121. The van der Waals surface area contributed by atoms with Crippen molar-refractivity contribution in [3.05, 3.63) is 60.2 Å². The van der Waals surface area contributed by atoms with Crippen LogP contribution in [-0.4, -0.2) is 43.8 Å². The number of carbonyl (C=O) groups excluding carboxylic acids is 3. The minimum absolute atomic E-state index is 0.114. The van der Waals surface area contributed by atoms with Gasteiger partial charge in [0.2, 0.25) is 5.91 Å². The molecular weight excluding hydrogens is 402 g/mol. The molecule has 0 heterocycles. The molecule has 0 saturated carbocycles. The molecule has 0 spiro atoms. The zero-order chi connectivity index (χ0) is 24.4. The van der Waals surface area contributed by atoms with Gasteiger partial charge in [-0.3, -0.25) is 9.59 Å². The summed E-state index contributed by atoms with van der Waals surface area (Å²) in [6.07, 6.45) is 1.25. The van der Waals surface area contributed by atoms with Gasteiger partial charge >= 0.3 is 0 Å². The number of hydrogen-bond donors (Lipinski definition) is 3. The van der Waals surface area contributed by atoms with E-state index in [9.17, 15) is 14.4 Å². The quantitative estimate of drug-likeness (QED) is 0.509. The van der Waals surface area contributed by atoms with Gasteiger partial charge in [-0.2, -0.15) is 0 Å². The number of benzene rings is 2. The minimum Gasteiger partial charge on any atom is -0.354 e. The zero-order valence-corrected chi connectivity index (χ0v) is 20.3. The molecule has 0 bridgehead atoms. The van der Waals surface area contributed by atoms with Gasteiger partial charge in [-0.15, -0.1) is 0 Å². The van der Waals surface area contributed by atoms with Crippen molar-refractivity contribution in [3.8, 4) is 11.1 Å². The molecule has 6 heteroatoms. The Labute approximate surface area is 193 Å². The van der Waals surface area contributed by atoms with Crippen LogP contribution in [0.3, 0.4) is 0 Å². The van der Waals surface area contributed by atoms with Crippen molar-refractivity contribution in [2.75, 3.05) is 13.6 Å². The predicted molar refractivity (Wildman–Crippen MR) is 133 cm³/mol. The molecule has 32 heavy (non-hydrogen) atoms. The molecule has 0 aliphatic heterocycles. The highest BCUT2D eigenvalue weighted by atomic mass is 16.2. The first-order valence-electron chi connectivity index (χ1n) is 11.2. The summed E-state index contributed by atoms with van der Waals surface area (Å²) in [7, 11) is 1.95. The summed E-state index contributed by atoms with van der Waals surface area (Å²) < 4.78 is 0. The van der Waals surface area contributed by atoms with Crippen molar-refractivity contribution in [2.45, 2.75) is 59.5 Å². The fraction of sp³-hybridized carbons (Fsp3) is 0.423. The van der Waals surface area contributed by atoms with Crippen LogP contribution >= 0.6 is 0 Å². The van der Waals surface area contributed by atoms with E-state index >= 15 is 0 Å². The van der Waals surface area contributed by atoms with Gasteiger partial charge in [0.05, 0.1) is 6.04 Å².